The third-order valence-corrected chi connectivity index (χ3v) is 3.37. The van der Waals surface area contributed by atoms with Gasteiger partial charge in [-0.15, -0.1) is 0 Å². The normalized spacial score (nSPS) is 17.6. The standard InChI is InChI=1S/C12H15NS/c1-10-4-3-5-12(8-10)14-13-7-6-11(2)9-13/h3-5,8H,2,6-7,9H2,1H3. The first-order valence-electron chi connectivity index (χ1n) is 4.90. The van der Waals surface area contributed by atoms with Gasteiger partial charge in [0, 0.05) is 18.0 Å². The van der Waals surface area contributed by atoms with Gasteiger partial charge in [0.1, 0.15) is 0 Å². The molecule has 1 nitrogen and oxygen atoms in total. The lowest BCUT2D eigenvalue weighted by Crippen LogP contribution is -2.08. The summed E-state index contributed by atoms with van der Waals surface area (Å²) in [6.45, 7) is 8.32. The van der Waals surface area contributed by atoms with Gasteiger partial charge in [-0.1, -0.05) is 24.3 Å². The van der Waals surface area contributed by atoms with E-state index < -0.39 is 0 Å². The minimum absolute atomic E-state index is 1.04. The predicted molar refractivity (Wildman–Crippen MR) is 62.4 cm³/mol. The Morgan fingerprint density at radius 3 is 2.93 bits per heavy atom. The summed E-state index contributed by atoms with van der Waals surface area (Å²) in [7, 11) is 0. The molecule has 2 heteroatoms. The minimum atomic E-state index is 1.04. The fourth-order valence-corrected chi connectivity index (χ4v) is 2.70. The molecule has 0 bridgehead atoms. The van der Waals surface area contributed by atoms with Gasteiger partial charge >= 0.3 is 0 Å². The van der Waals surface area contributed by atoms with Crippen LogP contribution in [0.5, 0.6) is 0 Å². The van der Waals surface area contributed by atoms with Gasteiger partial charge < -0.3 is 0 Å². The number of benzene rings is 1. The average molecular weight is 205 g/mol. The van der Waals surface area contributed by atoms with Crippen LogP contribution in [-0.4, -0.2) is 17.4 Å². The van der Waals surface area contributed by atoms with Crippen LogP contribution in [0.15, 0.2) is 41.3 Å². The molecular weight excluding hydrogens is 190 g/mol. The van der Waals surface area contributed by atoms with Crippen molar-refractivity contribution in [1.82, 2.24) is 4.31 Å². The molecule has 0 radical (unpaired) electrons. The van der Waals surface area contributed by atoms with E-state index in [1.165, 1.54) is 16.0 Å². The summed E-state index contributed by atoms with van der Waals surface area (Å²) in [5, 5.41) is 0. The first-order chi connectivity index (χ1) is 6.74. The number of hydrogen-bond donors (Lipinski definition) is 0. The molecule has 14 heavy (non-hydrogen) atoms. The summed E-state index contributed by atoms with van der Waals surface area (Å²) >= 11 is 1.84. The van der Waals surface area contributed by atoms with Gasteiger partial charge in [-0.25, -0.2) is 4.31 Å². The second kappa shape index (κ2) is 4.20. The summed E-state index contributed by atoms with van der Waals surface area (Å²) in [4.78, 5) is 1.33. The molecule has 0 amide bonds. The van der Waals surface area contributed by atoms with Crippen molar-refractivity contribution >= 4 is 11.9 Å². The van der Waals surface area contributed by atoms with Crippen LogP contribution in [0, 0.1) is 6.92 Å². The molecular formula is C12H15NS. The van der Waals surface area contributed by atoms with Crippen molar-refractivity contribution in [3.63, 3.8) is 0 Å². The molecule has 1 fully saturated rings. The van der Waals surface area contributed by atoms with Gasteiger partial charge in [0.2, 0.25) is 0 Å². The Labute approximate surface area is 89.9 Å². The van der Waals surface area contributed by atoms with Crippen molar-refractivity contribution in [2.24, 2.45) is 0 Å². The molecule has 0 saturated carbocycles. The SMILES string of the molecule is C=C1CCN(Sc2cccc(C)c2)C1. The average Bonchev–Trinajstić information content (AvgIpc) is 2.51. The highest BCUT2D eigenvalue weighted by molar-refractivity contribution is 7.97. The maximum absolute atomic E-state index is 4.01. The Balaban J connectivity index is 2.00. The van der Waals surface area contributed by atoms with Gasteiger partial charge in [0.05, 0.1) is 0 Å². The summed E-state index contributed by atoms with van der Waals surface area (Å²) in [5.41, 5.74) is 2.68. The van der Waals surface area contributed by atoms with E-state index in [0.29, 0.717) is 0 Å². The Morgan fingerprint density at radius 1 is 1.43 bits per heavy atom. The van der Waals surface area contributed by atoms with E-state index in [4.69, 9.17) is 0 Å². The lowest BCUT2D eigenvalue weighted by atomic mass is 10.2. The molecule has 0 unspecified atom stereocenters. The van der Waals surface area contributed by atoms with Gasteiger partial charge in [-0.05, 0) is 43.0 Å². The quantitative estimate of drug-likeness (QED) is 0.538. The predicted octanol–water partition coefficient (Wildman–Crippen LogP) is 3.26. The van der Waals surface area contributed by atoms with Gasteiger partial charge in [0.25, 0.3) is 0 Å². The highest BCUT2D eigenvalue weighted by Gasteiger charge is 2.15. The maximum Gasteiger partial charge on any atom is 0.0301 e. The van der Waals surface area contributed by atoms with E-state index in [2.05, 4.69) is 42.1 Å². The first-order valence-corrected chi connectivity index (χ1v) is 5.67. The van der Waals surface area contributed by atoms with Crippen molar-refractivity contribution in [2.75, 3.05) is 13.1 Å². The van der Waals surface area contributed by atoms with E-state index in [-0.39, 0.29) is 0 Å². The fourth-order valence-electron chi connectivity index (χ4n) is 1.59. The lowest BCUT2D eigenvalue weighted by Gasteiger charge is -2.12. The zero-order valence-electron chi connectivity index (χ0n) is 8.49. The molecule has 0 atom stereocenters. The van der Waals surface area contributed by atoms with Crippen LogP contribution in [0.2, 0.25) is 0 Å². The van der Waals surface area contributed by atoms with Crippen molar-refractivity contribution in [1.29, 1.82) is 0 Å². The van der Waals surface area contributed by atoms with Crippen molar-refractivity contribution < 1.29 is 0 Å². The summed E-state index contributed by atoms with van der Waals surface area (Å²) in [5.74, 6) is 0. The summed E-state index contributed by atoms with van der Waals surface area (Å²) in [6, 6.07) is 8.64. The smallest absolute Gasteiger partial charge is 0.0301 e. The summed E-state index contributed by atoms with van der Waals surface area (Å²) in [6.07, 6.45) is 1.15. The number of hydrogen-bond acceptors (Lipinski definition) is 2. The van der Waals surface area contributed by atoms with Crippen LogP contribution >= 0.6 is 11.9 Å². The van der Waals surface area contributed by atoms with Crippen molar-refractivity contribution in [2.45, 2.75) is 18.2 Å². The summed E-state index contributed by atoms with van der Waals surface area (Å²) < 4.78 is 2.37. The van der Waals surface area contributed by atoms with Gasteiger partial charge in [-0.2, -0.15) is 0 Å². The van der Waals surface area contributed by atoms with E-state index in [0.717, 1.165) is 19.5 Å². The Hall–Kier alpha value is -0.730. The third-order valence-electron chi connectivity index (χ3n) is 2.34. The van der Waals surface area contributed by atoms with Crippen LogP contribution in [0.25, 0.3) is 0 Å². The largest absolute Gasteiger partial charge is 0.242 e. The molecule has 0 aromatic heterocycles. The lowest BCUT2D eigenvalue weighted by molar-refractivity contribution is 0.595. The Morgan fingerprint density at radius 2 is 2.29 bits per heavy atom. The van der Waals surface area contributed by atoms with E-state index in [1.54, 1.807) is 0 Å². The number of rotatable bonds is 2. The molecule has 1 saturated heterocycles. The van der Waals surface area contributed by atoms with Crippen LogP contribution < -0.4 is 0 Å². The zero-order valence-corrected chi connectivity index (χ0v) is 9.31. The number of aryl methyl sites for hydroxylation is 1. The highest BCUT2D eigenvalue weighted by Crippen LogP contribution is 2.28. The second-order valence-corrected chi connectivity index (χ2v) is 4.94. The minimum Gasteiger partial charge on any atom is -0.242 e. The first kappa shape index (κ1) is 9.81. The fraction of sp³-hybridized carbons (Fsp3) is 0.333. The van der Waals surface area contributed by atoms with Crippen LogP contribution in [0.4, 0.5) is 0 Å². The molecule has 0 spiro atoms. The molecule has 74 valence electrons. The Kier molecular flexibility index (Phi) is 2.94. The van der Waals surface area contributed by atoms with Crippen LogP contribution in [0.3, 0.4) is 0 Å². The van der Waals surface area contributed by atoms with Crippen molar-refractivity contribution in [3.8, 4) is 0 Å². The monoisotopic (exact) mass is 205 g/mol. The van der Waals surface area contributed by atoms with E-state index in [9.17, 15) is 0 Å². The molecule has 1 aromatic rings. The molecule has 1 aliphatic rings. The zero-order chi connectivity index (χ0) is 9.97. The highest BCUT2D eigenvalue weighted by atomic mass is 32.2. The van der Waals surface area contributed by atoms with Gasteiger partial charge in [0.15, 0.2) is 0 Å². The number of nitrogens with zero attached hydrogens (tertiary/aromatic N) is 1. The molecule has 0 aliphatic carbocycles. The van der Waals surface area contributed by atoms with Gasteiger partial charge in [-0.3, -0.25) is 0 Å². The topological polar surface area (TPSA) is 3.24 Å². The molecule has 1 aromatic carbocycles. The molecule has 2 rings (SSSR count). The van der Waals surface area contributed by atoms with Crippen LogP contribution in [0.1, 0.15) is 12.0 Å². The molecule has 0 N–H and O–H groups in total. The molecule has 1 aliphatic heterocycles. The second-order valence-electron chi connectivity index (χ2n) is 3.77. The van der Waals surface area contributed by atoms with E-state index >= 15 is 0 Å². The Bertz CT molecular complexity index is 346. The third kappa shape index (κ3) is 2.40. The van der Waals surface area contributed by atoms with Crippen LogP contribution in [-0.2, 0) is 0 Å². The molecule has 1 heterocycles. The van der Waals surface area contributed by atoms with E-state index in [1.807, 2.05) is 11.9 Å². The van der Waals surface area contributed by atoms with Crippen molar-refractivity contribution in [3.05, 3.63) is 42.0 Å². The maximum atomic E-state index is 4.01.